The van der Waals surface area contributed by atoms with Gasteiger partial charge in [0.15, 0.2) is 0 Å². The van der Waals surface area contributed by atoms with Crippen molar-refractivity contribution in [3.63, 3.8) is 0 Å². The second-order valence-electron chi connectivity index (χ2n) is 7.55. The van der Waals surface area contributed by atoms with Crippen molar-refractivity contribution in [1.29, 1.82) is 0 Å². The topological polar surface area (TPSA) is 95.8 Å². The molecule has 1 fully saturated rings. The van der Waals surface area contributed by atoms with Crippen molar-refractivity contribution in [3.05, 3.63) is 18.2 Å². The van der Waals surface area contributed by atoms with E-state index in [0.29, 0.717) is 11.4 Å². The molecule has 1 aromatic rings. The Morgan fingerprint density at radius 2 is 1.83 bits per heavy atom. The van der Waals surface area contributed by atoms with Gasteiger partial charge in [-0.2, -0.15) is 0 Å². The van der Waals surface area contributed by atoms with E-state index in [1.165, 1.54) is 0 Å². The lowest BCUT2D eigenvalue weighted by atomic mass is 9.84. The van der Waals surface area contributed by atoms with E-state index in [2.05, 4.69) is 4.90 Å². The van der Waals surface area contributed by atoms with Gasteiger partial charge in [-0.25, -0.2) is 4.79 Å². The quantitative estimate of drug-likeness (QED) is 0.728. The number of anilines is 3. The Morgan fingerprint density at radius 1 is 1.26 bits per heavy atom. The van der Waals surface area contributed by atoms with Crippen LogP contribution in [-0.2, 0) is 0 Å². The van der Waals surface area contributed by atoms with Gasteiger partial charge in [-0.05, 0) is 52.7 Å². The molecule has 0 unspecified atom stereocenters. The van der Waals surface area contributed by atoms with Crippen LogP contribution in [0.5, 0.6) is 0 Å². The van der Waals surface area contributed by atoms with Crippen LogP contribution in [0.4, 0.5) is 21.9 Å². The fourth-order valence-corrected chi connectivity index (χ4v) is 3.63. The maximum atomic E-state index is 11.8. The number of para-hydroxylation sites is 1. The van der Waals surface area contributed by atoms with Crippen molar-refractivity contribution in [2.75, 3.05) is 29.5 Å². The third-order valence-corrected chi connectivity index (χ3v) is 4.70. The Hall–Kier alpha value is -2.11. The van der Waals surface area contributed by atoms with Gasteiger partial charge in [-0.1, -0.05) is 6.07 Å². The molecule has 128 valence electrons. The van der Waals surface area contributed by atoms with Crippen LogP contribution in [-0.4, -0.2) is 40.3 Å². The number of hydrogen-bond donors (Lipinski definition) is 3. The zero-order chi connectivity index (χ0) is 17.4. The minimum absolute atomic E-state index is 0.379. The lowest BCUT2D eigenvalue weighted by Gasteiger charge is -2.51. The maximum Gasteiger partial charge on any atom is 0.408 e. The molecular weight excluding hydrogens is 292 g/mol. The smallest absolute Gasteiger partial charge is 0.408 e. The lowest BCUT2D eigenvalue weighted by molar-refractivity contribution is 0.0118. The molecule has 1 aromatic carbocycles. The minimum atomic E-state index is -0.864. The number of nitrogen functional groups attached to an aromatic ring is 2. The number of nitrogens with zero attached hydrogens (tertiary/aromatic N) is 2. The number of carbonyl (C=O) groups is 1. The van der Waals surface area contributed by atoms with Gasteiger partial charge < -0.3 is 21.5 Å². The molecule has 1 aliphatic heterocycles. The van der Waals surface area contributed by atoms with Crippen LogP contribution >= 0.6 is 0 Å². The minimum Gasteiger partial charge on any atom is -0.465 e. The van der Waals surface area contributed by atoms with Gasteiger partial charge in [0.2, 0.25) is 0 Å². The molecule has 0 aromatic heterocycles. The molecule has 0 aliphatic carbocycles. The Morgan fingerprint density at radius 3 is 2.30 bits per heavy atom. The number of piperidine rings is 1. The average molecular weight is 320 g/mol. The Kier molecular flexibility index (Phi) is 4.37. The van der Waals surface area contributed by atoms with Crippen molar-refractivity contribution in [2.24, 2.45) is 0 Å². The predicted molar refractivity (Wildman–Crippen MR) is 94.7 cm³/mol. The summed E-state index contributed by atoms with van der Waals surface area (Å²) in [6.45, 7) is 9.36. The molecular formula is C17H28N4O2. The van der Waals surface area contributed by atoms with Crippen LogP contribution in [0.1, 0.15) is 40.5 Å². The highest BCUT2D eigenvalue weighted by Gasteiger charge is 2.44. The highest BCUT2D eigenvalue weighted by atomic mass is 16.4. The lowest BCUT2D eigenvalue weighted by Crippen LogP contribution is -2.61. The molecule has 6 heteroatoms. The van der Waals surface area contributed by atoms with E-state index < -0.39 is 11.6 Å². The highest BCUT2D eigenvalue weighted by molar-refractivity contribution is 5.79. The van der Waals surface area contributed by atoms with Crippen molar-refractivity contribution >= 4 is 23.2 Å². The summed E-state index contributed by atoms with van der Waals surface area (Å²) in [6, 6.07) is 5.65. The van der Waals surface area contributed by atoms with E-state index in [1.54, 1.807) is 11.0 Å². The van der Waals surface area contributed by atoms with Gasteiger partial charge in [-0.3, -0.25) is 4.90 Å². The van der Waals surface area contributed by atoms with E-state index >= 15 is 0 Å². The van der Waals surface area contributed by atoms with Crippen LogP contribution in [0, 0.1) is 0 Å². The van der Waals surface area contributed by atoms with Crippen molar-refractivity contribution in [1.82, 2.24) is 4.90 Å². The summed E-state index contributed by atoms with van der Waals surface area (Å²) in [7, 11) is 0. The first kappa shape index (κ1) is 17.2. The summed E-state index contributed by atoms with van der Waals surface area (Å²) >= 11 is 0. The van der Waals surface area contributed by atoms with E-state index in [9.17, 15) is 9.90 Å². The molecule has 1 saturated heterocycles. The second kappa shape index (κ2) is 5.83. The van der Waals surface area contributed by atoms with E-state index in [0.717, 1.165) is 31.6 Å². The molecule has 6 nitrogen and oxygen atoms in total. The summed E-state index contributed by atoms with van der Waals surface area (Å²) in [5.41, 5.74) is 13.3. The number of nitrogens with two attached hydrogens (primary N) is 2. The largest absolute Gasteiger partial charge is 0.465 e. The van der Waals surface area contributed by atoms with Crippen LogP contribution in [0.15, 0.2) is 18.2 Å². The number of amides is 1. The number of benzene rings is 1. The predicted octanol–water partition coefficient (Wildman–Crippen LogP) is 2.99. The Balaban J connectivity index is 2.19. The molecule has 23 heavy (non-hydrogen) atoms. The number of carboxylic acid groups (broad SMARTS) is 1. The van der Waals surface area contributed by atoms with E-state index in [1.807, 2.05) is 39.8 Å². The van der Waals surface area contributed by atoms with Crippen LogP contribution in [0.2, 0.25) is 0 Å². The van der Waals surface area contributed by atoms with Crippen molar-refractivity contribution < 1.29 is 9.90 Å². The maximum absolute atomic E-state index is 11.8. The van der Waals surface area contributed by atoms with Gasteiger partial charge in [-0.15, -0.1) is 0 Å². The third-order valence-electron chi connectivity index (χ3n) is 4.70. The summed E-state index contributed by atoms with van der Waals surface area (Å²) < 4.78 is 0. The number of rotatable bonds is 2. The van der Waals surface area contributed by atoms with Crippen LogP contribution in [0.3, 0.4) is 0 Å². The molecule has 0 atom stereocenters. The summed E-state index contributed by atoms with van der Waals surface area (Å²) in [5.74, 6) is 0. The first-order valence-electron chi connectivity index (χ1n) is 7.98. The molecule has 1 amide bonds. The molecule has 0 radical (unpaired) electrons. The van der Waals surface area contributed by atoms with E-state index in [-0.39, 0.29) is 5.54 Å². The molecule has 2 rings (SSSR count). The first-order chi connectivity index (χ1) is 10.6. The van der Waals surface area contributed by atoms with Gasteiger partial charge in [0, 0.05) is 24.2 Å². The van der Waals surface area contributed by atoms with Gasteiger partial charge >= 0.3 is 6.09 Å². The highest BCUT2D eigenvalue weighted by Crippen LogP contribution is 2.37. The molecule has 0 bridgehead atoms. The zero-order valence-electron chi connectivity index (χ0n) is 14.5. The summed E-state index contributed by atoms with van der Waals surface area (Å²) in [4.78, 5) is 15.6. The Bertz CT molecular complexity index is 587. The van der Waals surface area contributed by atoms with Crippen LogP contribution in [0.25, 0.3) is 0 Å². The zero-order valence-corrected chi connectivity index (χ0v) is 14.5. The molecule has 0 spiro atoms. The molecule has 5 N–H and O–H groups in total. The molecule has 1 aliphatic rings. The van der Waals surface area contributed by atoms with Gasteiger partial charge in [0.1, 0.15) is 0 Å². The normalized spacial score (nSPS) is 17.8. The monoisotopic (exact) mass is 320 g/mol. The average Bonchev–Trinajstić information content (AvgIpc) is 2.40. The standard InChI is InChI=1S/C17H28N4O2/c1-16(2,3)21(15(22)23)17(4)8-10-20(11-9-17)13-7-5-6-12(18)14(13)19/h5-7H,8-11,18-19H2,1-4H3,(H,22,23). The van der Waals surface area contributed by atoms with Gasteiger partial charge in [0.25, 0.3) is 0 Å². The molecule has 0 saturated carbocycles. The first-order valence-corrected chi connectivity index (χ1v) is 7.98. The fraction of sp³-hybridized carbons (Fsp3) is 0.588. The molecule has 1 heterocycles. The third kappa shape index (κ3) is 3.30. The SMILES string of the molecule is CC(C)(C)N(C(=O)O)C1(C)CCN(c2cccc(N)c2N)CC1. The second-order valence-corrected chi connectivity index (χ2v) is 7.55. The van der Waals surface area contributed by atoms with Crippen LogP contribution < -0.4 is 16.4 Å². The Labute approximate surface area is 138 Å². The van der Waals surface area contributed by atoms with Gasteiger partial charge in [0.05, 0.1) is 17.1 Å². The fourth-order valence-electron chi connectivity index (χ4n) is 3.63. The van der Waals surface area contributed by atoms with E-state index in [4.69, 9.17) is 11.5 Å². The summed E-state index contributed by atoms with van der Waals surface area (Å²) in [5, 5.41) is 9.67. The van der Waals surface area contributed by atoms with Crippen molar-refractivity contribution in [3.8, 4) is 0 Å². The van der Waals surface area contributed by atoms with Crippen molar-refractivity contribution in [2.45, 2.75) is 51.6 Å². The number of hydrogen-bond acceptors (Lipinski definition) is 4. The summed E-state index contributed by atoms with van der Waals surface area (Å²) in [6.07, 6.45) is 0.646.